The number of nitrogens with two attached hydrogens (primary N) is 1. The highest BCUT2D eigenvalue weighted by Gasteiger charge is 2.17. The molecule has 4 nitrogen and oxygen atoms in total. The summed E-state index contributed by atoms with van der Waals surface area (Å²) in [5.74, 6) is 0. The molecule has 0 unspecified atom stereocenters. The number of halogens is 1. The summed E-state index contributed by atoms with van der Waals surface area (Å²) in [6.07, 6.45) is 0. The third-order valence-corrected chi connectivity index (χ3v) is 5.53. The molecule has 0 fully saturated rings. The smallest absolute Gasteiger partial charge is 0.262 e. The minimum Gasteiger partial charge on any atom is -0.326 e. The lowest BCUT2D eigenvalue weighted by molar-refractivity contribution is 0.601. The second kappa shape index (κ2) is 5.62. The standard InChI is InChI=1S/C12H13BrN2O2S2/c1-8-2-3-9(13)4-12(8)15-19(16,17)11-5-10(6-14)18-7-11/h2-5,7,15H,6,14H2,1H3. The van der Waals surface area contributed by atoms with Gasteiger partial charge in [-0.25, -0.2) is 8.42 Å². The van der Waals surface area contributed by atoms with Gasteiger partial charge in [-0.1, -0.05) is 22.0 Å². The molecule has 3 N–H and O–H groups in total. The zero-order valence-electron chi connectivity index (χ0n) is 10.2. The van der Waals surface area contributed by atoms with Gasteiger partial charge in [0.2, 0.25) is 0 Å². The highest BCUT2D eigenvalue weighted by molar-refractivity contribution is 9.10. The van der Waals surface area contributed by atoms with Crippen molar-refractivity contribution in [2.45, 2.75) is 18.4 Å². The van der Waals surface area contributed by atoms with E-state index in [0.717, 1.165) is 14.9 Å². The average molecular weight is 361 g/mol. The zero-order chi connectivity index (χ0) is 14.0. The summed E-state index contributed by atoms with van der Waals surface area (Å²) in [7, 11) is -3.56. The maximum Gasteiger partial charge on any atom is 0.262 e. The number of benzene rings is 1. The molecule has 19 heavy (non-hydrogen) atoms. The van der Waals surface area contributed by atoms with E-state index in [2.05, 4.69) is 20.7 Å². The van der Waals surface area contributed by atoms with Gasteiger partial charge in [0.1, 0.15) is 0 Å². The molecular formula is C12H13BrN2O2S2. The number of rotatable bonds is 4. The van der Waals surface area contributed by atoms with Crippen molar-refractivity contribution in [2.75, 3.05) is 4.72 Å². The fraction of sp³-hybridized carbons (Fsp3) is 0.167. The molecule has 0 spiro atoms. The molecule has 0 amide bonds. The van der Waals surface area contributed by atoms with Gasteiger partial charge in [0.15, 0.2) is 0 Å². The van der Waals surface area contributed by atoms with Gasteiger partial charge in [-0.2, -0.15) is 0 Å². The molecule has 1 aromatic carbocycles. The van der Waals surface area contributed by atoms with Gasteiger partial charge in [0.25, 0.3) is 10.0 Å². The summed E-state index contributed by atoms with van der Waals surface area (Å²) in [6.45, 7) is 2.19. The van der Waals surface area contributed by atoms with E-state index in [9.17, 15) is 8.42 Å². The monoisotopic (exact) mass is 360 g/mol. The molecule has 1 heterocycles. The normalized spacial score (nSPS) is 11.5. The topological polar surface area (TPSA) is 72.2 Å². The van der Waals surface area contributed by atoms with Crippen LogP contribution in [0.25, 0.3) is 0 Å². The van der Waals surface area contributed by atoms with Crippen molar-refractivity contribution in [2.24, 2.45) is 5.73 Å². The molecule has 0 saturated heterocycles. The third-order valence-electron chi connectivity index (χ3n) is 2.59. The largest absolute Gasteiger partial charge is 0.326 e. The Labute approximate surface area is 124 Å². The Hall–Kier alpha value is -0.890. The van der Waals surface area contributed by atoms with Crippen molar-refractivity contribution in [3.8, 4) is 0 Å². The van der Waals surface area contributed by atoms with Crippen LogP contribution in [0, 0.1) is 6.92 Å². The molecule has 0 saturated carbocycles. The quantitative estimate of drug-likeness (QED) is 0.879. The summed E-state index contributed by atoms with van der Waals surface area (Å²) in [5, 5.41) is 1.60. The number of nitrogens with one attached hydrogen (secondary N) is 1. The number of aryl methyl sites for hydroxylation is 1. The maximum atomic E-state index is 12.2. The van der Waals surface area contributed by atoms with Crippen molar-refractivity contribution in [1.82, 2.24) is 0 Å². The SMILES string of the molecule is Cc1ccc(Br)cc1NS(=O)(=O)c1csc(CN)c1. The molecule has 0 aliphatic carbocycles. The lowest BCUT2D eigenvalue weighted by atomic mass is 10.2. The number of hydrogen-bond acceptors (Lipinski definition) is 4. The molecule has 0 aliphatic rings. The number of anilines is 1. The molecule has 2 rings (SSSR count). The molecule has 7 heteroatoms. The van der Waals surface area contributed by atoms with Crippen LogP contribution < -0.4 is 10.5 Å². The first kappa shape index (κ1) is 14.5. The van der Waals surface area contributed by atoms with E-state index in [0.29, 0.717) is 12.2 Å². The lowest BCUT2D eigenvalue weighted by Gasteiger charge is -2.09. The first-order chi connectivity index (χ1) is 8.92. The van der Waals surface area contributed by atoms with Crippen LogP contribution in [-0.2, 0) is 16.6 Å². The van der Waals surface area contributed by atoms with Crippen LogP contribution in [0.15, 0.2) is 39.0 Å². The van der Waals surface area contributed by atoms with E-state index < -0.39 is 10.0 Å². The fourth-order valence-corrected chi connectivity index (χ4v) is 4.15. The van der Waals surface area contributed by atoms with Crippen molar-refractivity contribution >= 4 is 43.0 Å². The Morgan fingerprint density at radius 2 is 2.11 bits per heavy atom. The van der Waals surface area contributed by atoms with E-state index in [1.54, 1.807) is 17.5 Å². The second-order valence-corrected chi connectivity index (χ2v) is 7.61. The summed E-state index contributed by atoms with van der Waals surface area (Å²) < 4.78 is 27.9. The number of thiophene rings is 1. The Morgan fingerprint density at radius 1 is 1.37 bits per heavy atom. The van der Waals surface area contributed by atoms with Crippen LogP contribution >= 0.6 is 27.3 Å². The predicted molar refractivity (Wildman–Crippen MR) is 81.9 cm³/mol. The molecule has 1 aromatic heterocycles. The highest BCUT2D eigenvalue weighted by Crippen LogP contribution is 2.25. The highest BCUT2D eigenvalue weighted by atomic mass is 79.9. The van der Waals surface area contributed by atoms with E-state index in [1.165, 1.54) is 11.3 Å². The van der Waals surface area contributed by atoms with Gasteiger partial charge in [0, 0.05) is 21.3 Å². The van der Waals surface area contributed by atoms with Gasteiger partial charge >= 0.3 is 0 Å². The summed E-state index contributed by atoms with van der Waals surface area (Å²) in [4.78, 5) is 1.09. The Kier molecular flexibility index (Phi) is 4.29. The summed E-state index contributed by atoms with van der Waals surface area (Å²) >= 11 is 4.67. The van der Waals surface area contributed by atoms with E-state index >= 15 is 0 Å². The van der Waals surface area contributed by atoms with Crippen molar-refractivity contribution < 1.29 is 8.42 Å². The summed E-state index contributed by atoms with van der Waals surface area (Å²) in [6, 6.07) is 7.05. The Morgan fingerprint density at radius 3 is 2.74 bits per heavy atom. The predicted octanol–water partition coefficient (Wildman–Crippen LogP) is 3.08. The van der Waals surface area contributed by atoms with Crippen LogP contribution in [0.3, 0.4) is 0 Å². The first-order valence-corrected chi connectivity index (χ1v) is 8.64. The van der Waals surface area contributed by atoms with Crippen LogP contribution in [0.2, 0.25) is 0 Å². The Balaban J connectivity index is 2.33. The van der Waals surface area contributed by atoms with Gasteiger partial charge in [-0.3, -0.25) is 4.72 Å². The van der Waals surface area contributed by atoms with E-state index in [-0.39, 0.29) is 4.90 Å². The maximum absolute atomic E-state index is 12.2. The minimum absolute atomic E-state index is 0.248. The molecule has 102 valence electrons. The zero-order valence-corrected chi connectivity index (χ0v) is 13.4. The fourth-order valence-electron chi connectivity index (χ4n) is 1.52. The number of hydrogen-bond donors (Lipinski definition) is 2. The van der Waals surface area contributed by atoms with E-state index in [4.69, 9.17) is 5.73 Å². The van der Waals surface area contributed by atoms with Gasteiger partial charge in [-0.15, -0.1) is 11.3 Å². The van der Waals surface area contributed by atoms with Gasteiger partial charge in [0.05, 0.1) is 10.6 Å². The van der Waals surface area contributed by atoms with Crippen molar-refractivity contribution in [3.63, 3.8) is 0 Å². The van der Waals surface area contributed by atoms with Crippen LogP contribution in [-0.4, -0.2) is 8.42 Å². The van der Waals surface area contributed by atoms with Crippen molar-refractivity contribution in [3.05, 3.63) is 44.6 Å². The van der Waals surface area contributed by atoms with Crippen LogP contribution in [0.1, 0.15) is 10.4 Å². The molecule has 0 aliphatic heterocycles. The number of sulfonamides is 1. The minimum atomic E-state index is -3.56. The summed E-state index contributed by atoms with van der Waals surface area (Å²) in [5.41, 5.74) is 6.92. The molecule has 2 aromatic rings. The average Bonchev–Trinajstić information content (AvgIpc) is 2.83. The lowest BCUT2D eigenvalue weighted by Crippen LogP contribution is -2.13. The molecule has 0 atom stereocenters. The van der Waals surface area contributed by atoms with Crippen LogP contribution in [0.5, 0.6) is 0 Å². The first-order valence-electron chi connectivity index (χ1n) is 5.49. The molecule has 0 radical (unpaired) electrons. The van der Waals surface area contributed by atoms with Gasteiger partial charge in [-0.05, 0) is 30.7 Å². The Bertz CT molecular complexity index is 696. The molecule has 0 bridgehead atoms. The van der Waals surface area contributed by atoms with Crippen LogP contribution in [0.4, 0.5) is 5.69 Å². The third kappa shape index (κ3) is 3.36. The van der Waals surface area contributed by atoms with Crippen molar-refractivity contribution in [1.29, 1.82) is 0 Å². The second-order valence-electron chi connectivity index (χ2n) is 4.02. The van der Waals surface area contributed by atoms with Gasteiger partial charge < -0.3 is 5.73 Å². The molecular weight excluding hydrogens is 348 g/mol. The van der Waals surface area contributed by atoms with E-state index in [1.807, 2.05) is 19.1 Å².